The van der Waals surface area contributed by atoms with Crippen LogP contribution in [0.4, 0.5) is 11.5 Å². The molecule has 7 nitrogen and oxygen atoms in total. The van der Waals surface area contributed by atoms with Gasteiger partial charge in [-0.1, -0.05) is 0 Å². The maximum atomic E-state index is 12.4. The summed E-state index contributed by atoms with van der Waals surface area (Å²) in [5.74, 6) is 0.257. The highest BCUT2D eigenvalue weighted by Gasteiger charge is 2.20. The van der Waals surface area contributed by atoms with Gasteiger partial charge in [-0.2, -0.15) is 5.10 Å². The van der Waals surface area contributed by atoms with Crippen molar-refractivity contribution in [2.75, 3.05) is 10.5 Å². The van der Waals surface area contributed by atoms with Crippen LogP contribution in [0.1, 0.15) is 5.69 Å². The van der Waals surface area contributed by atoms with E-state index in [2.05, 4.69) is 19.9 Å². The van der Waals surface area contributed by atoms with E-state index < -0.39 is 10.0 Å². The van der Waals surface area contributed by atoms with Gasteiger partial charge in [0.25, 0.3) is 10.0 Å². The van der Waals surface area contributed by atoms with Crippen molar-refractivity contribution in [2.24, 2.45) is 0 Å². The number of hydrogen-bond donors (Lipinski definition) is 4. The summed E-state index contributed by atoms with van der Waals surface area (Å²) >= 11 is 0. The van der Waals surface area contributed by atoms with Gasteiger partial charge in [0.15, 0.2) is 5.82 Å². The fourth-order valence-corrected chi connectivity index (χ4v) is 3.17. The second-order valence-corrected chi connectivity index (χ2v) is 6.15. The predicted octanol–water partition coefficient (Wildman–Crippen LogP) is 1.58. The third-order valence-corrected chi connectivity index (χ3v) is 4.30. The lowest BCUT2D eigenvalue weighted by atomic mass is 10.2. The summed E-state index contributed by atoms with van der Waals surface area (Å²) < 4.78 is 27.1. The van der Waals surface area contributed by atoms with Crippen LogP contribution < -0.4 is 10.5 Å². The molecule has 8 heteroatoms. The van der Waals surface area contributed by atoms with E-state index in [4.69, 9.17) is 5.73 Å². The Morgan fingerprint density at radius 1 is 1.30 bits per heavy atom. The van der Waals surface area contributed by atoms with Crippen LogP contribution in [0.3, 0.4) is 0 Å². The number of aryl methyl sites for hydroxylation is 1. The molecular weight excluding hydrogens is 278 g/mol. The first kappa shape index (κ1) is 12.5. The van der Waals surface area contributed by atoms with Gasteiger partial charge in [0.05, 0.1) is 0 Å². The van der Waals surface area contributed by atoms with Gasteiger partial charge < -0.3 is 10.7 Å². The van der Waals surface area contributed by atoms with Crippen molar-refractivity contribution < 1.29 is 8.42 Å². The number of anilines is 2. The van der Waals surface area contributed by atoms with E-state index in [0.29, 0.717) is 16.6 Å². The smallest absolute Gasteiger partial charge is 0.265 e. The number of benzene rings is 1. The number of nitrogen functional groups attached to an aromatic ring is 1. The van der Waals surface area contributed by atoms with Gasteiger partial charge in [0.1, 0.15) is 4.90 Å². The molecule has 2 aromatic heterocycles. The molecule has 0 aliphatic rings. The van der Waals surface area contributed by atoms with Crippen LogP contribution in [0.5, 0.6) is 0 Å². The highest BCUT2D eigenvalue weighted by atomic mass is 32.2. The summed E-state index contributed by atoms with van der Waals surface area (Å²) in [5.41, 5.74) is 7.68. The monoisotopic (exact) mass is 291 g/mol. The first-order chi connectivity index (χ1) is 9.45. The third-order valence-electron chi connectivity index (χ3n) is 2.90. The second kappa shape index (κ2) is 4.27. The number of nitrogens with one attached hydrogen (secondary N) is 3. The lowest BCUT2D eigenvalue weighted by molar-refractivity contribution is 0.602. The Hall–Kier alpha value is -2.48. The van der Waals surface area contributed by atoms with Gasteiger partial charge in [0, 0.05) is 34.5 Å². The molecule has 104 valence electrons. The standard InChI is InChI=1S/C12H13N5O2S/c1-7-4-12(16-15-7)17-20(18,19)11-6-14-10-5-8(13)2-3-9(10)11/h2-6,14H,13H2,1H3,(H2,15,16,17). The Balaban J connectivity index is 2.05. The summed E-state index contributed by atoms with van der Waals surface area (Å²) in [6.07, 6.45) is 1.44. The zero-order chi connectivity index (χ0) is 14.3. The summed E-state index contributed by atoms with van der Waals surface area (Å²) in [4.78, 5) is 3.06. The molecule has 2 heterocycles. The van der Waals surface area contributed by atoms with Crippen molar-refractivity contribution in [1.29, 1.82) is 0 Å². The topological polar surface area (TPSA) is 117 Å². The van der Waals surface area contributed by atoms with Gasteiger partial charge in [-0.15, -0.1) is 0 Å². The second-order valence-electron chi connectivity index (χ2n) is 4.50. The number of aromatic nitrogens is 3. The van der Waals surface area contributed by atoms with E-state index in [1.807, 2.05) is 0 Å². The van der Waals surface area contributed by atoms with Gasteiger partial charge in [-0.25, -0.2) is 8.42 Å². The average molecular weight is 291 g/mol. The Labute approximate surface area is 115 Å². The first-order valence-electron chi connectivity index (χ1n) is 5.87. The van der Waals surface area contributed by atoms with E-state index in [9.17, 15) is 8.42 Å². The van der Waals surface area contributed by atoms with Crippen LogP contribution in [-0.2, 0) is 10.0 Å². The molecule has 0 aliphatic carbocycles. The van der Waals surface area contributed by atoms with Crippen molar-refractivity contribution in [3.8, 4) is 0 Å². The number of aromatic amines is 2. The molecule has 0 bridgehead atoms. The van der Waals surface area contributed by atoms with Crippen molar-refractivity contribution in [3.63, 3.8) is 0 Å². The fraction of sp³-hybridized carbons (Fsp3) is 0.0833. The van der Waals surface area contributed by atoms with Crippen molar-refractivity contribution in [1.82, 2.24) is 15.2 Å². The molecule has 0 amide bonds. The van der Waals surface area contributed by atoms with Crippen LogP contribution in [0.2, 0.25) is 0 Å². The van der Waals surface area contributed by atoms with E-state index in [1.54, 1.807) is 31.2 Å². The van der Waals surface area contributed by atoms with Crippen LogP contribution >= 0.6 is 0 Å². The average Bonchev–Trinajstić information content (AvgIpc) is 2.94. The molecule has 20 heavy (non-hydrogen) atoms. The Kier molecular flexibility index (Phi) is 2.68. The zero-order valence-corrected chi connectivity index (χ0v) is 11.5. The van der Waals surface area contributed by atoms with E-state index in [0.717, 1.165) is 5.69 Å². The maximum absolute atomic E-state index is 12.4. The zero-order valence-electron chi connectivity index (χ0n) is 10.6. The summed E-state index contributed by atoms with van der Waals surface area (Å²) in [6.45, 7) is 1.79. The Morgan fingerprint density at radius 2 is 2.10 bits per heavy atom. The molecule has 0 saturated heterocycles. The molecule has 0 fully saturated rings. The maximum Gasteiger partial charge on any atom is 0.265 e. The number of nitrogens with two attached hydrogens (primary N) is 1. The number of hydrogen-bond acceptors (Lipinski definition) is 4. The van der Waals surface area contributed by atoms with Crippen LogP contribution in [0.25, 0.3) is 10.9 Å². The minimum absolute atomic E-state index is 0.160. The molecule has 0 aliphatic heterocycles. The molecule has 0 radical (unpaired) electrons. The van der Waals surface area contributed by atoms with Crippen LogP contribution in [0.15, 0.2) is 35.4 Å². The first-order valence-corrected chi connectivity index (χ1v) is 7.35. The lowest BCUT2D eigenvalue weighted by Crippen LogP contribution is -2.12. The number of fused-ring (bicyclic) bond motifs is 1. The number of sulfonamides is 1. The SMILES string of the molecule is Cc1cc(NS(=O)(=O)c2c[nH]c3cc(N)ccc23)n[nH]1. The van der Waals surface area contributed by atoms with Crippen LogP contribution in [0, 0.1) is 6.92 Å². The normalized spacial score (nSPS) is 11.8. The van der Waals surface area contributed by atoms with Gasteiger partial charge in [-0.3, -0.25) is 9.82 Å². The highest BCUT2D eigenvalue weighted by Crippen LogP contribution is 2.25. The minimum atomic E-state index is -3.70. The molecule has 0 spiro atoms. The molecule has 3 rings (SSSR count). The molecule has 5 N–H and O–H groups in total. The van der Waals surface area contributed by atoms with Crippen molar-refractivity contribution in [2.45, 2.75) is 11.8 Å². The number of rotatable bonds is 3. The van der Waals surface area contributed by atoms with E-state index in [1.165, 1.54) is 6.20 Å². The van der Waals surface area contributed by atoms with Crippen LogP contribution in [-0.4, -0.2) is 23.6 Å². The van der Waals surface area contributed by atoms with Gasteiger partial charge >= 0.3 is 0 Å². The predicted molar refractivity (Wildman–Crippen MR) is 76.8 cm³/mol. The summed E-state index contributed by atoms with van der Waals surface area (Å²) in [7, 11) is -3.70. The largest absolute Gasteiger partial charge is 0.399 e. The molecule has 0 unspecified atom stereocenters. The molecule has 0 atom stereocenters. The summed E-state index contributed by atoms with van der Waals surface area (Å²) in [6, 6.07) is 6.64. The van der Waals surface area contributed by atoms with Gasteiger partial charge in [-0.05, 0) is 25.1 Å². The van der Waals surface area contributed by atoms with E-state index in [-0.39, 0.29) is 10.7 Å². The van der Waals surface area contributed by atoms with Crippen molar-refractivity contribution >= 4 is 32.4 Å². The highest BCUT2D eigenvalue weighted by molar-refractivity contribution is 7.93. The quantitative estimate of drug-likeness (QED) is 0.548. The molecule has 0 saturated carbocycles. The minimum Gasteiger partial charge on any atom is -0.399 e. The molecular formula is C12H13N5O2S. The molecule has 1 aromatic carbocycles. The Morgan fingerprint density at radius 3 is 2.80 bits per heavy atom. The number of nitrogens with zero attached hydrogens (tertiary/aromatic N) is 1. The fourth-order valence-electron chi connectivity index (χ4n) is 2.00. The third kappa shape index (κ3) is 2.10. The number of H-pyrrole nitrogens is 2. The summed E-state index contributed by atoms with van der Waals surface area (Å²) in [5, 5.41) is 7.12. The Bertz CT molecular complexity index is 878. The lowest BCUT2D eigenvalue weighted by Gasteiger charge is -2.03. The van der Waals surface area contributed by atoms with Crippen molar-refractivity contribution in [3.05, 3.63) is 36.2 Å². The van der Waals surface area contributed by atoms with E-state index >= 15 is 0 Å². The van der Waals surface area contributed by atoms with Gasteiger partial charge in [0.2, 0.25) is 0 Å². The molecule has 3 aromatic rings.